The summed E-state index contributed by atoms with van der Waals surface area (Å²) in [6.45, 7) is 4.92. The van der Waals surface area contributed by atoms with Crippen molar-refractivity contribution >= 4 is 0 Å². The van der Waals surface area contributed by atoms with Gasteiger partial charge in [-0.05, 0) is 31.8 Å². The predicted molar refractivity (Wildman–Crippen MR) is 63.6 cm³/mol. The predicted octanol–water partition coefficient (Wildman–Crippen LogP) is 3.74. The maximum atomic E-state index is 3.53. The minimum Gasteiger partial charge on any atom is -0.317 e. The molecule has 0 bridgehead atoms. The zero-order valence-electron chi connectivity index (χ0n) is 9.86. The average molecular weight is 197 g/mol. The molecule has 0 aromatic rings. The normalized spacial score (nSPS) is 28.5. The second-order valence-electron chi connectivity index (χ2n) is 4.91. The van der Waals surface area contributed by atoms with Gasteiger partial charge in [0.15, 0.2) is 0 Å². The van der Waals surface area contributed by atoms with Gasteiger partial charge in [0.05, 0.1) is 0 Å². The van der Waals surface area contributed by atoms with Crippen LogP contribution >= 0.6 is 0 Å². The quantitative estimate of drug-likeness (QED) is 0.624. The molecule has 1 aliphatic rings. The van der Waals surface area contributed by atoms with E-state index in [4.69, 9.17) is 0 Å². The van der Waals surface area contributed by atoms with Crippen LogP contribution in [0.3, 0.4) is 0 Å². The van der Waals surface area contributed by atoms with Crippen LogP contribution in [-0.2, 0) is 0 Å². The summed E-state index contributed by atoms with van der Waals surface area (Å²) in [6.07, 6.45) is 12.9. The van der Waals surface area contributed by atoms with E-state index in [1.54, 1.807) is 0 Å². The lowest BCUT2D eigenvalue weighted by atomic mass is 9.97. The summed E-state index contributed by atoms with van der Waals surface area (Å²) in [5, 5.41) is 3.53. The second kappa shape index (κ2) is 8.28. The van der Waals surface area contributed by atoms with Gasteiger partial charge < -0.3 is 5.32 Å². The highest BCUT2D eigenvalue weighted by atomic mass is 14.8. The van der Waals surface area contributed by atoms with Gasteiger partial charge in [-0.25, -0.2) is 0 Å². The van der Waals surface area contributed by atoms with Crippen molar-refractivity contribution in [2.75, 3.05) is 13.1 Å². The van der Waals surface area contributed by atoms with E-state index in [0.717, 1.165) is 5.92 Å². The molecule has 1 heteroatoms. The monoisotopic (exact) mass is 197 g/mol. The van der Waals surface area contributed by atoms with Crippen molar-refractivity contribution in [2.24, 2.45) is 5.92 Å². The molecule has 0 amide bonds. The Morgan fingerprint density at radius 3 is 1.86 bits per heavy atom. The molecule has 0 aromatic heterocycles. The van der Waals surface area contributed by atoms with E-state index in [0.29, 0.717) is 0 Å². The van der Waals surface area contributed by atoms with Crippen LogP contribution < -0.4 is 5.32 Å². The molecule has 1 saturated heterocycles. The maximum Gasteiger partial charge on any atom is -0.00489 e. The van der Waals surface area contributed by atoms with Crippen molar-refractivity contribution in [3.8, 4) is 0 Å². The molecule has 0 aromatic carbocycles. The zero-order chi connectivity index (χ0) is 10.1. The smallest absolute Gasteiger partial charge is 0.00489 e. The van der Waals surface area contributed by atoms with Crippen molar-refractivity contribution in [1.82, 2.24) is 5.32 Å². The fourth-order valence-corrected chi connectivity index (χ4v) is 2.29. The lowest BCUT2D eigenvalue weighted by Crippen LogP contribution is -2.16. The fraction of sp³-hybridized carbons (Fsp3) is 1.00. The van der Waals surface area contributed by atoms with Crippen LogP contribution in [0, 0.1) is 5.92 Å². The Kier molecular flexibility index (Phi) is 7.12. The third-order valence-electron chi connectivity index (χ3n) is 3.35. The molecule has 0 spiro atoms. The first kappa shape index (κ1) is 12.0. The first-order chi connectivity index (χ1) is 6.89. The van der Waals surface area contributed by atoms with Gasteiger partial charge in [-0.15, -0.1) is 0 Å². The van der Waals surface area contributed by atoms with E-state index in [2.05, 4.69) is 12.2 Å². The molecule has 0 radical (unpaired) electrons. The van der Waals surface area contributed by atoms with E-state index < -0.39 is 0 Å². The van der Waals surface area contributed by atoms with Crippen LogP contribution in [-0.4, -0.2) is 13.1 Å². The molecule has 1 fully saturated rings. The van der Waals surface area contributed by atoms with E-state index >= 15 is 0 Å². The third-order valence-corrected chi connectivity index (χ3v) is 3.35. The number of nitrogens with one attached hydrogen (secondary N) is 1. The molecule has 1 aliphatic heterocycles. The minimum absolute atomic E-state index is 0.976. The van der Waals surface area contributed by atoms with Gasteiger partial charge in [0.25, 0.3) is 0 Å². The standard InChI is InChI=1S/C13H27N/c1-13-9-5-2-3-7-11-14-12-8-4-6-10-13/h13-14H,2-12H2,1H3/t13-/m0/s1. The van der Waals surface area contributed by atoms with Gasteiger partial charge in [0, 0.05) is 0 Å². The Morgan fingerprint density at radius 1 is 0.714 bits per heavy atom. The Hall–Kier alpha value is -0.0400. The lowest BCUT2D eigenvalue weighted by Gasteiger charge is -2.10. The van der Waals surface area contributed by atoms with Crippen LogP contribution in [0.15, 0.2) is 0 Å². The van der Waals surface area contributed by atoms with Crippen molar-refractivity contribution in [3.05, 3.63) is 0 Å². The molecule has 1 heterocycles. The molecule has 1 atom stereocenters. The van der Waals surface area contributed by atoms with Crippen molar-refractivity contribution in [3.63, 3.8) is 0 Å². The summed E-state index contributed by atoms with van der Waals surface area (Å²) < 4.78 is 0. The van der Waals surface area contributed by atoms with Crippen molar-refractivity contribution < 1.29 is 0 Å². The molecule has 1 rings (SSSR count). The van der Waals surface area contributed by atoms with Crippen molar-refractivity contribution in [2.45, 2.75) is 64.7 Å². The summed E-state index contributed by atoms with van der Waals surface area (Å²) in [5.74, 6) is 0.976. The molecular formula is C13H27N. The number of hydrogen-bond donors (Lipinski definition) is 1. The summed E-state index contributed by atoms with van der Waals surface area (Å²) in [5.41, 5.74) is 0. The largest absolute Gasteiger partial charge is 0.317 e. The SMILES string of the molecule is C[C@H]1CCCCCCNCCCCC1. The van der Waals surface area contributed by atoms with E-state index in [1.165, 1.54) is 70.9 Å². The molecule has 0 saturated carbocycles. The Bertz CT molecular complexity index is 108. The van der Waals surface area contributed by atoms with Crippen LogP contribution in [0.4, 0.5) is 0 Å². The first-order valence-corrected chi connectivity index (χ1v) is 6.60. The van der Waals surface area contributed by atoms with Crippen LogP contribution in [0.25, 0.3) is 0 Å². The highest BCUT2D eigenvalue weighted by Crippen LogP contribution is 2.17. The van der Waals surface area contributed by atoms with Crippen LogP contribution in [0.5, 0.6) is 0 Å². The van der Waals surface area contributed by atoms with Gasteiger partial charge in [0.1, 0.15) is 0 Å². The van der Waals surface area contributed by atoms with Crippen LogP contribution in [0.2, 0.25) is 0 Å². The second-order valence-corrected chi connectivity index (χ2v) is 4.91. The van der Waals surface area contributed by atoms with Gasteiger partial charge in [-0.1, -0.05) is 51.9 Å². The molecule has 1 nitrogen and oxygen atoms in total. The highest BCUT2D eigenvalue weighted by Gasteiger charge is 2.02. The topological polar surface area (TPSA) is 12.0 Å². The summed E-state index contributed by atoms with van der Waals surface area (Å²) >= 11 is 0. The summed E-state index contributed by atoms with van der Waals surface area (Å²) in [6, 6.07) is 0. The highest BCUT2D eigenvalue weighted by molar-refractivity contribution is 4.58. The number of rotatable bonds is 0. The first-order valence-electron chi connectivity index (χ1n) is 6.60. The Morgan fingerprint density at radius 2 is 1.21 bits per heavy atom. The third kappa shape index (κ3) is 6.42. The summed E-state index contributed by atoms with van der Waals surface area (Å²) in [7, 11) is 0. The molecule has 0 unspecified atom stereocenters. The fourth-order valence-electron chi connectivity index (χ4n) is 2.29. The number of hydrogen-bond acceptors (Lipinski definition) is 1. The molecule has 1 N–H and O–H groups in total. The van der Waals surface area contributed by atoms with Crippen LogP contribution in [0.1, 0.15) is 64.7 Å². The average Bonchev–Trinajstić information content (AvgIpc) is 2.20. The van der Waals surface area contributed by atoms with E-state index in [9.17, 15) is 0 Å². The van der Waals surface area contributed by atoms with Gasteiger partial charge in [-0.2, -0.15) is 0 Å². The van der Waals surface area contributed by atoms with Gasteiger partial charge in [0.2, 0.25) is 0 Å². The zero-order valence-corrected chi connectivity index (χ0v) is 9.86. The Balaban J connectivity index is 2.12. The molecule has 84 valence electrons. The van der Waals surface area contributed by atoms with E-state index in [-0.39, 0.29) is 0 Å². The Labute approximate surface area is 89.7 Å². The van der Waals surface area contributed by atoms with Gasteiger partial charge in [-0.3, -0.25) is 0 Å². The minimum atomic E-state index is 0.976. The lowest BCUT2D eigenvalue weighted by molar-refractivity contribution is 0.440. The maximum absolute atomic E-state index is 3.53. The summed E-state index contributed by atoms with van der Waals surface area (Å²) in [4.78, 5) is 0. The molecule has 0 aliphatic carbocycles. The molecule has 14 heavy (non-hydrogen) atoms. The van der Waals surface area contributed by atoms with Gasteiger partial charge >= 0.3 is 0 Å². The van der Waals surface area contributed by atoms with E-state index in [1.807, 2.05) is 0 Å². The molecular weight excluding hydrogens is 170 g/mol. The van der Waals surface area contributed by atoms with Crippen molar-refractivity contribution in [1.29, 1.82) is 0 Å².